The molecule has 5 heteroatoms. The minimum absolute atomic E-state index is 0.211. The first-order valence-electron chi connectivity index (χ1n) is 10.9. The fourth-order valence-corrected chi connectivity index (χ4v) is 3.59. The van der Waals surface area contributed by atoms with Crippen molar-refractivity contribution in [2.45, 2.75) is 19.8 Å². The number of hydrogen-bond donors (Lipinski definition) is 0. The van der Waals surface area contributed by atoms with E-state index in [0.717, 1.165) is 28.2 Å². The molecule has 0 radical (unpaired) electrons. The van der Waals surface area contributed by atoms with Crippen LogP contribution in [0.5, 0.6) is 6.01 Å². The molecule has 4 aromatic rings. The van der Waals surface area contributed by atoms with Crippen molar-refractivity contribution in [3.05, 3.63) is 91.0 Å². The number of aromatic nitrogens is 2. The first-order chi connectivity index (χ1) is 15.8. The second-order valence-electron chi connectivity index (χ2n) is 7.25. The molecule has 0 spiro atoms. The van der Waals surface area contributed by atoms with E-state index in [-0.39, 0.29) is 5.97 Å². The molecular formula is C27H26N2O3. The Morgan fingerprint density at radius 2 is 1.44 bits per heavy atom. The topological polar surface area (TPSA) is 53.4 Å². The molecule has 0 saturated heterocycles. The molecule has 4 rings (SSSR count). The first-order valence-corrected chi connectivity index (χ1v) is 10.9. The van der Waals surface area contributed by atoms with Gasteiger partial charge in [-0.1, -0.05) is 78.9 Å². The highest BCUT2D eigenvalue weighted by Gasteiger charge is 2.22. The molecule has 1 heterocycles. The van der Waals surface area contributed by atoms with E-state index < -0.39 is 0 Å². The third-order valence-corrected chi connectivity index (χ3v) is 5.02. The van der Waals surface area contributed by atoms with Crippen LogP contribution in [-0.2, 0) is 9.53 Å². The van der Waals surface area contributed by atoms with Crippen LogP contribution in [0.4, 0.5) is 0 Å². The quantitative estimate of drug-likeness (QED) is 0.246. The molecule has 0 unspecified atom stereocenters. The average Bonchev–Trinajstić information content (AvgIpc) is 3.23. The van der Waals surface area contributed by atoms with Gasteiger partial charge < -0.3 is 9.47 Å². The number of esters is 1. The van der Waals surface area contributed by atoms with E-state index in [1.54, 1.807) is 6.92 Å². The summed E-state index contributed by atoms with van der Waals surface area (Å²) < 4.78 is 13.2. The second-order valence-corrected chi connectivity index (χ2v) is 7.25. The predicted molar refractivity (Wildman–Crippen MR) is 126 cm³/mol. The van der Waals surface area contributed by atoms with E-state index >= 15 is 0 Å². The zero-order valence-electron chi connectivity index (χ0n) is 18.1. The van der Waals surface area contributed by atoms with Gasteiger partial charge in [-0.15, -0.1) is 0 Å². The molecule has 0 aliphatic heterocycles. The van der Waals surface area contributed by atoms with Crippen LogP contribution in [0.15, 0.2) is 91.0 Å². The summed E-state index contributed by atoms with van der Waals surface area (Å²) in [5, 5.41) is 0. The normalized spacial score (nSPS) is 10.7. The fourth-order valence-electron chi connectivity index (χ4n) is 3.59. The Morgan fingerprint density at radius 3 is 2.06 bits per heavy atom. The van der Waals surface area contributed by atoms with Crippen LogP contribution in [0.2, 0.25) is 0 Å². The number of imidazole rings is 1. The number of benzene rings is 3. The minimum atomic E-state index is -0.211. The van der Waals surface area contributed by atoms with E-state index in [1.165, 1.54) is 0 Å². The molecule has 0 amide bonds. The lowest BCUT2D eigenvalue weighted by Crippen LogP contribution is -2.09. The Hall–Kier alpha value is -3.86. The van der Waals surface area contributed by atoms with Gasteiger partial charge in [0.25, 0.3) is 0 Å². The van der Waals surface area contributed by atoms with Crippen LogP contribution < -0.4 is 4.74 Å². The summed E-state index contributed by atoms with van der Waals surface area (Å²) in [6, 6.07) is 30.9. The number of hydrogen-bond acceptors (Lipinski definition) is 4. The van der Waals surface area contributed by atoms with Gasteiger partial charge in [-0.3, -0.25) is 9.36 Å². The van der Waals surface area contributed by atoms with Gasteiger partial charge in [0.1, 0.15) is 5.69 Å². The summed E-state index contributed by atoms with van der Waals surface area (Å²) in [7, 11) is 0. The van der Waals surface area contributed by atoms with Crippen LogP contribution in [0, 0.1) is 0 Å². The van der Waals surface area contributed by atoms with Crippen LogP contribution in [0.1, 0.15) is 19.8 Å². The number of para-hydroxylation sites is 1. The van der Waals surface area contributed by atoms with Gasteiger partial charge in [0.05, 0.1) is 24.6 Å². The second kappa shape index (κ2) is 10.4. The Bertz CT molecular complexity index is 1140. The number of ether oxygens (including phenoxy) is 2. The average molecular weight is 427 g/mol. The smallest absolute Gasteiger partial charge is 0.305 e. The molecule has 0 atom stereocenters. The number of rotatable bonds is 9. The molecule has 32 heavy (non-hydrogen) atoms. The van der Waals surface area contributed by atoms with Gasteiger partial charge >= 0.3 is 12.0 Å². The number of carbonyl (C=O) groups is 1. The van der Waals surface area contributed by atoms with E-state index in [2.05, 4.69) is 24.3 Å². The van der Waals surface area contributed by atoms with E-state index in [4.69, 9.17) is 14.5 Å². The highest BCUT2D eigenvalue weighted by atomic mass is 16.5. The molecule has 1 aromatic heterocycles. The number of nitrogens with zero attached hydrogens (tertiary/aromatic N) is 2. The predicted octanol–water partition coefficient (Wildman–Crippen LogP) is 5.93. The van der Waals surface area contributed by atoms with E-state index in [0.29, 0.717) is 32.1 Å². The lowest BCUT2D eigenvalue weighted by atomic mass is 10.0. The molecule has 5 nitrogen and oxygen atoms in total. The van der Waals surface area contributed by atoms with Gasteiger partial charge in [-0.2, -0.15) is 4.98 Å². The summed E-state index contributed by atoms with van der Waals surface area (Å²) in [4.78, 5) is 16.6. The Morgan fingerprint density at radius 1 is 0.844 bits per heavy atom. The van der Waals surface area contributed by atoms with E-state index in [1.807, 2.05) is 71.3 Å². The molecule has 0 N–H and O–H groups in total. The van der Waals surface area contributed by atoms with Crippen molar-refractivity contribution >= 4 is 5.97 Å². The zero-order chi connectivity index (χ0) is 22.2. The summed E-state index contributed by atoms with van der Waals surface area (Å²) in [5.74, 6) is -0.211. The first kappa shape index (κ1) is 21.4. The van der Waals surface area contributed by atoms with Crippen molar-refractivity contribution in [2.24, 2.45) is 0 Å². The molecule has 162 valence electrons. The van der Waals surface area contributed by atoms with Crippen molar-refractivity contribution in [3.8, 4) is 34.2 Å². The number of carbonyl (C=O) groups excluding carboxylic acids is 1. The van der Waals surface area contributed by atoms with Gasteiger partial charge in [-0.25, -0.2) is 0 Å². The minimum Gasteiger partial charge on any atom is -0.466 e. The Labute approximate surface area is 188 Å². The maximum Gasteiger partial charge on any atom is 0.305 e. The summed E-state index contributed by atoms with van der Waals surface area (Å²) in [6.45, 7) is 2.56. The van der Waals surface area contributed by atoms with Crippen molar-refractivity contribution < 1.29 is 14.3 Å². The Balaban J connectivity index is 1.77. The molecule has 0 aliphatic carbocycles. The van der Waals surface area contributed by atoms with Crippen molar-refractivity contribution in [3.63, 3.8) is 0 Å². The van der Waals surface area contributed by atoms with Crippen LogP contribution in [-0.4, -0.2) is 28.7 Å². The lowest BCUT2D eigenvalue weighted by molar-refractivity contribution is -0.143. The standard InChI is InChI=1S/C27H26N2O3/c1-2-31-24(30)19-12-20-32-27-28-25(21-13-6-3-7-14-21)26(22-15-8-4-9-16-22)29(27)23-17-10-5-11-18-23/h3-11,13-18H,2,12,19-20H2,1H3. The third-order valence-electron chi connectivity index (χ3n) is 5.02. The third kappa shape index (κ3) is 4.89. The maximum atomic E-state index is 11.7. The molecule has 0 saturated carbocycles. The summed E-state index contributed by atoms with van der Waals surface area (Å²) in [5.41, 5.74) is 4.83. The summed E-state index contributed by atoms with van der Waals surface area (Å²) >= 11 is 0. The highest BCUT2D eigenvalue weighted by Crippen LogP contribution is 2.37. The van der Waals surface area contributed by atoms with Crippen molar-refractivity contribution in [2.75, 3.05) is 13.2 Å². The van der Waals surface area contributed by atoms with E-state index in [9.17, 15) is 4.79 Å². The molecular weight excluding hydrogens is 400 g/mol. The maximum absolute atomic E-state index is 11.7. The van der Waals surface area contributed by atoms with Gasteiger partial charge in [0.2, 0.25) is 0 Å². The molecule has 3 aromatic carbocycles. The van der Waals surface area contributed by atoms with Crippen molar-refractivity contribution in [1.82, 2.24) is 9.55 Å². The monoisotopic (exact) mass is 426 g/mol. The van der Waals surface area contributed by atoms with Gasteiger partial charge in [0, 0.05) is 17.5 Å². The largest absolute Gasteiger partial charge is 0.466 e. The highest BCUT2D eigenvalue weighted by molar-refractivity contribution is 5.81. The van der Waals surface area contributed by atoms with Gasteiger partial charge in [-0.05, 0) is 25.5 Å². The SMILES string of the molecule is CCOC(=O)CCCOc1nc(-c2ccccc2)c(-c2ccccc2)n1-c1ccccc1. The molecule has 0 bridgehead atoms. The fraction of sp³-hybridized carbons (Fsp3) is 0.185. The van der Waals surface area contributed by atoms with Crippen LogP contribution >= 0.6 is 0 Å². The van der Waals surface area contributed by atoms with Crippen LogP contribution in [0.3, 0.4) is 0 Å². The summed E-state index contributed by atoms with van der Waals surface area (Å²) in [6.07, 6.45) is 0.874. The van der Waals surface area contributed by atoms with Gasteiger partial charge in [0.15, 0.2) is 0 Å². The molecule has 0 aliphatic rings. The van der Waals surface area contributed by atoms with Crippen molar-refractivity contribution in [1.29, 1.82) is 0 Å². The van der Waals surface area contributed by atoms with Crippen LogP contribution in [0.25, 0.3) is 28.2 Å². The Kier molecular flexibility index (Phi) is 6.98. The lowest BCUT2D eigenvalue weighted by Gasteiger charge is -2.13. The zero-order valence-corrected chi connectivity index (χ0v) is 18.1. The molecule has 0 fully saturated rings.